The van der Waals surface area contributed by atoms with Crippen molar-refractivity contribution in [3.05, 3.63) is 35.9 Å². The van der Waals surface area contributed by atoms with E-state index in [4.69, 9.17) is 9.47 Å². The molecule has 2 atom stereocenters. The summed E-state index contributed by atoms with van der Waals surface area (Å²) in [6.45, 7) is 1.71. The first-order chi connectivity index (χ1) is 13.2. The van der Waals surface area contributed by atoms with Crippen molar-refractivity contribution in [2.24, 2.45) is 11.8 Å². The standard InChI is InChI=1S/C22H29NO4/c24-21(17-9-11-26-12-10-17)18-13-19-7-4-8-20(14-18)23(19)22(25)27-15-16-5-2-1-3-6-16/h1-3,5-6,17-20H,4,7-15H2. The summed E-state index contributed by atoms with van der Waals surface area (Å²) in [4.78, 5) is 27.7. The summed E-state index contributed by atoms with van der Waals surface area (Å²) in [5, 5.41) is 0. The first-order valence-corrected chi connectivity index (χ1v) is 10.3. The molecule has 3 aliphatic heterocycles. The molecule has 2 bridgehead atoms. The number of hydrogen-bond donors (Lipinski definition) is 0. The number of Topliss-reactive ketones (excluding diaryl/α,β-unsaturated/α-hetero) is 1. The number of fused-ring (bicyclic) bond motifs is 2. The number of ether oxygens (including phenoxy) is 2. The van der Waals surface area contributed by atoms with Crippen molar-refractivity contribution in [1.82, 2.24) is 4.90 Å². The maximum atomic E-state index is 13.0. The molecule has 0 N–H and O–H groups in total. The quantitative estimate of drug-likeness (QED) is 0.804. The Labute approximate surface area is 161 Å². The predicted octanol–water partition coefficient (Wildman–Crippen LogP) is 3.95. The summed E-state index contributed by atoms with van der Waals surface area (Å²) < 4.78 is 11.0. The molecule has 0 saturated carbocycles. The van der Waals surface area contributed by atoms with Gasteiger partial charge in [-0.05, 0) is 50.5 Å². The minimum atomic E-state index is -0.217. The molecule has 5 nitrogen and oxygen atoms in total. The van der Waals surface area contributed by atoms with E-state index in [9.17, 15) is 9.59 Å². The lowest BCUT2D eigenvalue weighted by Crippen LogP contribution is -2.56. The first kappa shape index (κ1) is 18.5. The van der Waals surface area contributed by atoms with Crippen LogP contribution in [0.3, 0.4) is 0 Å². The van der Waals surface area contributed by atoms with Crippen molar-refractivity contribution in [3.63, 3.8) is 0 Å². The number of hydrogen-bond acceptors (Lipinski definition) is 4. The van der Waals surface area contributed by atoms with E-state index in [1.54, 1.807) is 0 Å². The molecular weight excluding hydrogens is 342 g/mol. The fourth-order valence-corrected chi connectivity index (χ4v) is 5.02. The van der Waals surface area contributed by atoms with Crippen molar-refractivity contribution in [2.75, 3.05) is 13.2 Å². The van der Waals surface area contributed by atoms with Crippen LogP contribution in [0.2, 0.25) is 0 Å². The molecule has 0 aromatic heterocycles. The predicted molar refractivity (Wildman–Crippen MR) is 101 cm³/mol. The molecule has 0 spiro atoms. The van der Waals surface area contributed by atoms with Crippen LogP contribution in [0.25, 0.3) is 0 Å². The van der Waals surface area contributed by atoms with Gasteiger partial charge in [0.25, 0.3) is 0 Å². The SMILES string of the molecule is O=C(C1CCOCC1)C1CC2CCCC(C1)N2C(=O)OCc1ccccc1. The van der Waals surface area contributed by atoms with Crippen molar-refractivity contribution in [2.45, 2.75) is 63.6 Å². The van der Waals surface area contributed by atoms with Crippen LogP contribution in [0.15, 0.2) is 30.3 Å². The van der Waals surface area contributed by atoms with Gasteiger partial charge >= 0.3 is 6.09 Å². The van der Waals surface area contributed by atoms with Gasteiger partial charge in [0.2, 0.25) is 0 Å². The zero-order chi connectivity index (χ0) is 18.6. The van der Waals surface area contributed by atoms with Crippen LogP contribution >= 0.6 is 0 Å². The molecule has 3 aliphatic rings. The van der Waals surface area contributed by atoms with E-state index in [2.05, 4.69) is 0 Å². The number of carbonyl (C=O) groups is 2. The lowest BCUT2D eigenvalue weighted by molar-refractivity contribution is -0.133. The highest BCUT2D eigenvalue weighted by atomic mass is 16.6. The highest BCUT2D eigenvalue weighted by Crippen LogP contribution is 2.39. The Bertz CT molecular complexity index is 642. The molecule has 146 valence electrons. The Morgan fingerprint density at radius 2 is 1.63 bits per heavy atom. The second-order valence-electron chi connectivity index (χ2n) is 8.14. The van der Waals surface area contributed by atoms with E-state index in [0.717, 1.165) is 50.5 Å². The maximum Gasteiger partial charge on any atom is 0.410 e. The molecule has 27 heavy (non-hydrogen) atoms. The Hall–Kier alpha value is -1.88. The third kappa shape index (κ3) is 4.18. The molecule has 1 amide bonds. The normalized spacial score (nSPS) is 28.6. The van der Waals surface area contributed by atoms with Gasteiger partial charge in [0.1, 0.15) is 12.4 Å². The van der Waals surface area contributed by atoms with Crippen LogP contribution in [-0.4, -0.2) is 42.1 Å². The van der Waals surface area contributed by atoms with Gasteiger partial charge in [0, 0.05) is 37.1 Å². The van der Waals surface area contributed by atoms with Crippen molar-refractivity contribution in [3.8, 4) is 0 Å². The first-order valence-electron chi connectivity index (χ1n) is 10.3. The van der Waals surface area contributed by atoms with Gasteiger partial charge < -0.3 is 14.4 Å². The van der Waals surface area contributed by atoms with Crippen LogP contribution in [-0.2, 0) is 20.9 Å². The van der Waals surface area contributed by atoms with Gasteiger partial charge in [-0.1, -0.05) is 30.3 Å². The number of rotatable bonds is 4. The highest BCUT2D eigenvalue weighted by molar-refractivity contribution is 5.84. The van der Waals surface area contributed by atoms with Gasteiger partial charge in [0.05, 0.1) is 0 Å². The van der Waals surface area contributed by atoms with Crippen LogP contribution in [0.4, 0.5) is 4.79 Å². The molecule has 4 rings (SSSR count). The van der Waals surface area contributed by atoms with E-state index in [1.807, 2.05) is 35.2 Å². The molecule has 3 heterocycles. The zero-order valence-electron chi connectivity index (χ0n) is 15.8. The Morgan fingerprint density at radius 3 is 2.30 bits per heavy atom. The van der Waals surface area contributed by atoms with Crippen molar-refractivity contribution in [1.29, 1.82) is 0 Å². The monoisotopic (exact) mass is 371 g/mol. The molecular formula is C22H29NO4. The van der Waals surface area contributed by atoms with E-state index in [-0.39, 0.29) is 30.0 Å². The molecule has 1 aromatic rings. The molecule has 1 aromatic carbocycles. The number of carbonyl (C=O) groups excluding carboxylic acids is 2. The Morgan fingerprint density at radius 1 is 0.963 bits per heavy atom. The Kier molecular flexibility index (Phi) is 5.77. The van der Waals surface area contributed by atoms with Gasteiger partial charge in [-0.2, -0.15) is 0 Å². The lowest BCUT2D eigenvalue weighted by Gasteiger charge is -2.48. The second-order valence-corrected chi connectivity index (χ2v) is 8.14. The Balaban J connectivity index is 1.37. The van der Waals surface area contributed by atoms with Crippen molar-refractivity contribution >= 4 is 11.9 Å². The average molecular weight is 371 g/mol. The van der Waals surface area contributed by atoms with E-state index in [0.29, 0.717) is 25.6 Å². The summed E-state index contributed by atoms with van der Waals surface area (Å²) >= 11 is 0. The van der Waals surface area contributed by atoms with Crippen molar-refractivity contribution < 1.29 is 19.1 Å². The third-order valence-electron chi connectivity index (χ3n) is 6.42. The lowest BCUT2D eigenvalue weighted by atomic mass is 9.73. The molecule has 5 heteroatoms. The fourth-order valence-electron chi connectivity index (χ4n) is 5.02. The van der Waals surface area contributed by atoms with Crippen LogP contribution in [0.1, 0.15) is 50.5 Å². The number of nitrogens with zero attached hydrogens (tertiary/aromatic N) is 1. The molecule has 0 radical (unpaired) electrons. The molecule has 2 unspecified atom stereocenters. The van der Waals surface area contributed by atoms with Crippen LogP contribution in [0.5, 0.6) is 0 Å². The van der Waals surface area contributed by atoms with Crippen LogP contribution in [0, 0.1) is 11.8 Å². The van der Waals surface area contributed by atoms with E-state index < -0.39 is 0 Å². The zero-order valence-corrected chi connectivity index (χ0v) is 15.8. The molecule has 3 saturated heterocycles. The van der Waals surface area contributed by atoms with Crippen LogP contribution < -0.4 is 0 Å². The molecule has 0 aliphatic carbocycles. The fraction of sp³-hybridized carbons (Fsp3) is 0.636. The number of amides is 1. The van der Waals surface area contributed by atoms with E-state index in [1.165, 1.54) is 0 Å². The smallest absolute Gasteiger partial charge is 0.410 e. The topological polar surface area (TPSA) is 55.8 Å². The summed E-state index contributed by atoms with van der Waals surface area (Å²) in [6.07, 6.45) is 6.19. The molecule has 3 fully saturated rings. The number of ketones is 1. The van der Waals surface area contributed by atoms with E-state index >= 15 is 0 Å². The average Bonchev–Trinajstić information content (AvgIpc) is 2.72. The van der Waals surface area contributed by atoms with Gasteiger partial charge in [0.15, 0.2) is 0 Å². The summed E-state index contributed by atoms with van der Waals surface area (Å²) in [6, 6.07) is 10.1. The second kappa shape index (κ2) is 8.42. The maximum absolute atomic E-state index is 13.0. The number of benzene rings is 1. The highest BCUT2D eigenvalue weighted by Gasteiger charge is 2.44. The largest absolute Gasteiger partial charge is 0.445 e. The van der Waals surface area contributed by atoms with Gasteiger partial charge in [-0.15, -0.1) is 0 Å². The minimum Gasteiger partial charge on any atom is -0.445 e. The summed E-state index contributed by atoms with van der Waals surface area (Å²) in [7, 11) is 0. The third-order valence-corrected chi connectivity index (χ3v) is 6.42. The summed E-state index contributed by atoms with van der Waals surface area (Å²) in [5.74, 6) is 0.662. The van der Waals surface area contributed by atoms with Gasteiger partial charge in [-0.25, -0.2) is 4.79 Å². The minimum absolute atomic E-state index is 0.0987. The summed E-state index contributed by atoms with van der Waals surface area (Å²) in [5.41, 5.74) is 1.00. The number of piperidine rings is 2. The van der Waals surface area contributed by atoms with Gasteiger partial charge in [-0.3, -0.25) is 4.79 Å².